The van der Waals surface area contributed by atoms with E-state index in [2.05, 4.69) is 20.8 Å². The van der Waals surface area contributed by atoms with Crippen LogP contribution in [0.4, 0.5) is 0 Å². The molecule has 0 N–H and O–H groups in total. The van der Waals surface area contributed by atoms with E-state index in [0.29, 0.717) is 0 Å². The van der Waals surface area contributed by atoms with Crippen LogP contribution < -0.4 is 0 Å². The van der Waals surface area contributed by atoms with E-state index in [1.165, 1.54) is 55.8 Å². The maximum absolute atomic E-state index is 5.92. The SMILES string of the molecule is CCCCCO[CH](OCCCCC)[Sn][CH2]CCC. The molecule has 18 heavy (non-hydrogen) atoms. The van der Waals surface area contributed by atoms with Crippen molar-refractivity contribution in [1.82, 2.24) is 0 Å². The van der Waals surface area contributed by atoms with Crippen molar-refractivity contribution >= 4 is 21.1 Å². The molecule has 0 bridgehead atoms. The third kappa shape index (κ3) is 13.2. The van der Waals surface area contributed by atoms with E-state index in [4.69, 9.17) is 9.47 Å². The van der Waals surface area contributed by atoms with Crippen molar-refractivity contribution in [2.75, 3.05) is 13.2 Å². The fourth-order valence-corrected chi connectivity index (χ4v) is 5.26. The van der Waals surface area contributed by atoms with Gasteiger partial charge in [-0.3, -0.25) is 0 Å². The van der Waals surface area contributed by atoms with Crippen molar-refractivity contribution in [2.45, 2.75) is 80.9 Å². The Hall–Kier alpha value is 0.719. The van der Waals surface area contributed by atoms with E-state index < -0.39 is 21.1 Å². The third-order valence-corrected chi connectivity index (χ3v) is 6.61. The molecule has 0 aromatic heterocycles. The summed E-state index contributed by atoms with van der Waals surface area (Å²) in [4.78, 5) is 0. The first kappa shape index (κ1) is 18.7. The Bertz CT molecular complexity index is 141. The van der Waals surface area contributed by atoms with Crippen LogP contribution in [0.3, 0.4) is 0 Å². The molecule has 0 aliphatic heterocycles. The summed E-state index contributed by atoms with van der Waals surface area (Å²) in [6.45, 7) is 8.53. The zero-order valence-corrected chi connectivity index (χ0v) is 15.5. The van der Waals surface area contributed by atoms with Gasteiger partial charge in [-0.1, -0.05) is 0 Å². The van der Waals surface area contributed by atoms with Crippen LogP contribution in [0.2, 0.25) is 4.44 Å². The molecule has 108 valence electrons. The molecular formula is C15H32O2Sn. The Morgan fingerprint density at radius 2 is 1.22 bits per heavy atom. The van der Waals surface area contributed by atoms with E-state index in [9.17, 15) is 0 Å². The number of unbranched alkanes of at least 4 members (excludes halogenated alkanes) is 5. The first-order chi connectivity index (χ1) is 8.85. The van der Waals surface area contributed by atoms with Gasteiger partial charge in [0.25, 0.3) is 0 Å². The summed E-state index contributed by atoms with van der Waals surface area (Å²) >= 11 is -0.481. The summed E-state index contributed by atoms with van der Waals surface area (Å²) in [5, 5.41) is 0. The number of ether oxygens (including phenoxy) is 2. The van der Waals surface area contributed by atoms with Gasteiger partial charge >= 0.3 is 125 Å². The summed E-state index contributed by atoms with van der Waals surface area (Å²) in [6.07, 6.45) is 10.1. The topological polar surface area (TPSA) is 18.5 Å². The molecule has 3 heteroatoms. The van der Waals surface area contributed by atoms with Crippen LogP contribution in [-0.4, -0.2) is 38.7 Å². The molecule has 0 unspecified atom stereocenters. The van der Waals surface area contributed by atoms with Crippen LogP contribution >= 0.6 is 0 Å². The summed E-state index contributed by atoms with van der Waals surface area (Å²) in [5.41, 5.74) is 0. The number of hydrogen-bond donors (Lipinski definition) is 0. The molecule has 0 saturated carbocycles. The molecule has 0 spiro atoms. The third-order valence-electron chi connectivity index (χ3n) is 2.88. The molecule has 0 heterocycles. The van der Waals surface area contributed by atoms with E-state index in [1.54, 1.807) is 0 Å². The normalized spacial score (nSPS) is 11.3. The predicted octanol–water partition coefficient (Wildman–Crippen LogP) is 4.61. The van der Waals surface area contributed by atoms with Crippen LogP contribution in [0, 0.1) is 0 Å². The molecular weight excluding hydrogens is 331 g/mol. The summed E-state index contributed by atoms with van der Waals surface area (Å²) < 4.78 is 13.5. The zero-order chi connectivity index (χ0) is 13.5. The molecule has 0 aromatic rings. The first-order valence-corrected chi connectivity index (χ1v) is 11.5. The van der Waals surface area contributed by atoms with Crippen LogP contribution in [0.5, 0.6) is 0 Å². The molecule has 0 saturated heterocycles. The summed E-state index contributed by atoms with van der Waals surface area (Å²) in [6, 6.07) is 0. The molecule has 0 atom stereocenters. The molecule has 2 radical (unpaired) electrons. The van der Waals surface area contributed by atoms with Gasteiger partial charge in [-0.2, -0.15) is 0 Å². The van der Waals surface area contributed by atoms with Gasteiger partial charge in [0.1, 0.15) is 0 Å². The zero-order valence-electron chi connectivity index (χ0n) is 12.7. The van der Waals surface area contributed by atoms with Crippen LogP contribution in [0.25, 0.3) is 0 Å². The summed E-state index contributed by atoms with van der Waals surface area (Å²) in [5.74, 6) is 0. The van der Waals surface area contributed by atoms with Crippen molar-refractivity contribution in [2.24, 2.45) is 0 Å². The standard InChI is InChI=1S/C11H23O2.C4H9.Sn/c1-3-5-7-9-12-11-13-10-8-6-4-2;1-3-4-2;/h11H,3-10H2,1-2H3;1,3-4H2,2H3;. The summed E-state index contributed by atoms with van der Waals surface area (Å²) in [7, 11) is 0. The maximum atomic E-state index is 5.92. The fraction of sp³-hybridized carbons (Fsp3) is 1.00. The van der Waals surface area contributed by atoms with Crippen LogP contribution in [-0.2, 0) is 9.47 Å². The molecule has 0 fully saturated rings. The van der Waals surface area contributed by atoms with Gasteiger partial charge in [-0.05, 0) is 0 Å². The second-order valence-corrected chi connectivity index (χ2v) is 8.73. The molecule has 0 aliphatic rings. The second-order valence-electron chi connectivity index (χ2n) is 4.80. The van der Waals surface area contributed by atoms with Gasteiger partial charge in [0.2, 0.25) is 0 Å². The number of hydrogen-bond acceptors (Lipinski definition) is 2. The van der Waals surface area contributed by atoms with Crippen molar-refractivity contribution in [1.29, 1.82) is 0 Å². The average molecular weight is 363 g/mol. The van der Waals surface area contributed by atoms with Gasteiger partial charge in [0.15, 0.2) is 0 Å². The molecule has 0 aromatic carbocycles. The van der Waals surface area contributed by atoms with Gasteiger partial charge in [0.05, 0.1) is 0 Å². The monoisotopic (exact) mass is 364 g/mol. The predicted molar refractivity (Wildman–Crippen MR) is 80.2 cm³/mol. The van der Waals surface area contributed by atoms with E-state index in [0.717, 1.165) is 13.2 Å². The fourth-order valence-electron chi connectivity index (χ4n) is 1.65. The van der Waals surface area contributed by atoms with Gasteiger partial charge in [-0.15, -0.1) is 0 Å². The van der Waals surface area contributed by atoms with Crippen molar-refractivity contribution in [3.8, 4) is 0 Å². The van der Waals surface area contributed by atoms with Gasteiger partial charge in [-0.25, -0.2) is 0 Å². The van der Waals surface area contributed by atoms with E-state index in [-0.39, 0.29) is 4.31 Å². The van der Waals surface area contributed by atoms with E-state index >= 15 is 0 Å². The minimum atomic E-state index is -0.481. The second kappa shape index (κ2) is 15.8. The van der Waals surface area contributed by atoms with Gasteiger partial charge < -0.3 is 0 Å². The number of rotatable bonds is 14. The van der Waals surface area contributed by atoms with E-state index in [1.807, 2.05) is 0 Å². The molecule has 0 rings (SSSR count). The molecule has 0 aliphatic carbocycles. The Morgan fingerprint density at radius 1 is 0.722 bits per heavy atom. The minimum absolute atomic E-state index is 0.217. The Balaban J connectivity index is 3.62. The Kier molecular flexibility index (Phi) is 16.4. The van der Waals surface area contributed by atoms with Crippen molar-refractivity contribution in [3.63, 3.8) is 0 Å². The van der Waals surface area contributed by atoms with Crippen molar-refractivity contribution < 1.29 is 9.47 Å². The quantitative estimate of drug-likeness (QED) is 0.255. The Morgan fingerprint density at radius 3 is 1.67 bits per heavy atom. The molecule has 2 nitrogen and oxygen atoms in total. The Labute approximate surface area is 124 Å². The first-order valence-electron chi connectivity index (χ1n) is 7.81. The van der Waals surface area contributed by atoms with Crippen molar-refractivity contribution in [3.05, 3.63) is 0 Å². The van der Waals surface area contributed by atoms with Crippen LogP contribution in [0.1, 0.15) is 72.1 Å². The molecule has 0 amide bonds. The van der Waals surface area contributed by atoms with Crippen LogP contribution in [0.15, 0.2) is 0 Å². The van der Waals surface area contributed by atoms with Gasteiger partial charge in [0, 0.05) is 0 Å². The average Bonchev–Trinajstić information content (AvgIpc) is 2.39.